The van der Waals surface area contributed by atoms with Gasteiger partial charge < -0.3 is 15.2 Å². The molecule has 0 spiro atoms. The van der Waals surface area contributed by atoms with Gasteiger partial charge in [0.05, 0.1) is 13.7 Å². The van der Waals surface area contributed by atoms with Crippen LogP contribution < -0.4 is 15.2 Å². The molecule has 0 unspecified atom stereocenters. The first kappa shape index (κ1) is 11.4. The summed E-state index contributed by atoms with van der Waals surface area (Å²) in [4.78, 5) is 0. The predicted molar refractivity (Wildman–Crippen MR) is 59.8 cm³/mol. The van der Waals surface area contributed by atoms with Crippen LogP contribution in [0.5, 0.6) is 11.5 Å². The molecule has 0 heterocycles. The lowest BCUT2D eigenvalue weighted by atomic mass is 10.2. The molecule has 3 heteroatoms. The number of benzene rings is 1. The fourth-order valence-electron chi connectivity index (χ4n) is 1.18. The summed E-state index contributed by atoms with van der Waals surface area (Å²) in [6.45, 7) is 0.982. The monoisotopic (exact) mass is 205 g/mol. The van der Waals surface area contributed by atoms with Gasteiger partial charge in [-0.25, -0.2) is 0 Å². The van der Waals surface area contributed by atoms with E-state index < -0.39 is 0 Å². The van der Waals surface area contributed by atoms with Crippen LogP contribution in [0.2, 0.25) is 0 Å². The van der Waals surface area contributed by atoms with Gasteiger partial charge in [0.1, 0.15) is 0 Å². The van der Waals surface area contributed by atoms with Crippen molar-refractivity contribution in [2.45, 2.75) is 13.0 Å². The maximum atomic E-state index is 5.52. The van der Waals surface area contributed by atoms with E-state index in [2.05, 4.69) is 5.92 Å². The van der Waals surface area contributed by atoms with Gasteiger partial charge in [0, 0.05) is 13.0 Å². The third kappa shape index (κ3) is 3.19. The molecule has 1 aromatic rings. The summed E-state index contributed by atoms with van der Waals surface area (Å²) in [5.74, 6) is 3.90. The van der Waals surface area contributed by atoms with Crippen LogP contribution in [0.3, 0.4) is 0 Å². The average Bonchev–Trinajstić information content (AvgIpc) is 2.29. The smallest absolute Gasteiger partial charge is 0.161 e. The molecule has 1 rings (SSSR count). The summed E-state index contributed by atoms with van der Waals surface area (Å²) in [5, 5.41) is 0. The van der Waals surface area contributed by atoms with E-state index in [1.54, 1.807) is 7.11 Å². The van der Waals surface area contributed by atoms with Gasteiger partial charge in [0.2, 0.25) is 0 Å². The molecule has 0 atom stereocenters. The van der Waals surface area contributed by atoms with Crippen LogP contribution in [-0.4, -0.2) is 13.7 Å². The summed E-state index contributed by atoms with van der Waals surface area (Å²) in [6.07, 6.45) is 5.72. The summed E-state index contributed by atoms with van der Waals surface area (Å²) in [5.41, 5.74) is 6.53. The number of hydrogen-bond donors (Lipinski definition) is 1. The Morgan fingerprint density at radius 3 is 2.80 bits per heavy atom. The van der Waals surface area contributed by atoms with E-state index in [1.165, 1.54) is 0 Å². The number of rotatable bonds is 5. The Bertz CT molecular complexity index is 355. The zero-order chi connectivity index (χ0) is 11.1. The number of terminal acetylenes is 1. The van der Waals surface area contributed by atoms with Crippen molar-refractivity contribution < 1.29 is 9.47 Å². The molecule has 0 aliphatic carbocycles. The molecule has 0 saturated carbocycles. The van der Waals surface area contributed by atoms with Crippen LogP contribution in [0.4, 0.5) is 0 Å². The van der Waals surface area contributed by atoms with Crippen molar-refractivity contribution in [2.75, 3.05) is 13.7 Å². The van der Waals surface area contributed by atoms with Crippen molar-refractivity contribution in [3.05, 3.63) is 23.8 Å². The van der Waals surface area contributed by atoms with E-state index in [-0.39, 0.29) is 0 Å². The molecule has 80 valence electrons. The first-order valence-electron chi connectivity index (χ1n) is 4.75. The quantitative estimate of drug-likeness (QED) is 0.586. The van der Waals surface area contributed by atoms with E-state index in [9.17, 15) is 0 Å². The fourth-order valence-corrected chi connectivity index (χ4v) is 1.18. The molecule has 0 aliphatic rings. The number of hydrogen-bond acceptors (Lipinski definition) is 3. The molecule has 0 aromatic heterocycles. The lowest BCUT2D eigenvalue weighted by Gasteiger charge is -2.10. The van der Waals surface area contributed by atoms with Crippen LogP contribution in [0.25, 0.3) is 0 Å². The van der Waals surface area contributed by atoms with Crippen LogP contribution in [0, 0.1) is 12.3 Å². The zero-order valence-corrected chi connectivity index (χ0v) is 8.82. The summed E-state index contributed by atoms with van der Waals surface area (Å²) >= 11 is 0. The highest BCUT2D eigenvalue weighted by Gasteiger charge is 2.04. The second-order valence-corrected chi connectivity index (χ2v) is 2.99. The lowest BCUT2D eigenvalue weighted by Crippen LogP contribution is -2.01. The molecule has 0 saturated heterocycles. The molecule has 15 heavy (non-hydrogen) atoms. The predicted octanol–water partition coefficient (Wildman–Crippen LogP) is 1.56. The lowest BCUT2D eigenvalue weighted by molar-refractivity contribution is 0.301. The van der Waals surface area contributed by atoms with Gasteiger partial charge in [0.15, 0.2) is 11.5 Å². The number of ether oxygens (including phenoxy) is 2. The van der Waals surface area contributed by atoms with E-state index in [1.807, 2.05) is 18.2 Å². The van der Waals surface area contributed by atoms with Crippen molar-refractivity contribution in [2.24, 2.45) is 5.73 Å². The topological polar surface area (TPSA) is 44.5 Å². The average molecular weight is 205 g/mol. The molecule has 3 nitrogen and oxygen atoms in total. The number of methoxy groups -OCH3 is 1. The van der Waals surface area contributed by atoms with Gasteiger partial charge in [0.25, 0.3) is 0 Å². The third-order valence-electron chi connectivity index (χ3n) is 1.97. The molecule has 0 aliphatic heterocycles. The van der Waals surface area contributed by atoms with Crippen LogP contribution in [-0.2, 0) is 6.54 Å². The standard InChI is InChI=1S/C12H15NO2/c1-3-4-7-15-11-6-5-10(9-13)8-12(11)14-2/h1,5-6,8H,4,7,9,13H2,2H3. The summed E-state index contributed by atoms with van der Waals surface area (Å²) < 4.78 is 10.6. The van der Waals surface area contributed by atoms with Gasteiger partial charge in [-0.3, -0.25) is 0 Å². The highest BCUT2D eigenvalue weighted by atomic mass is 16.5. The Labute approximate surface area is 90.2 Å². The second-order valence-electron chi connectivity index (χ2n) is 2.99. The summed E-state index contributed by atoms with van der Waals surface area (Å²) in [6, 6.07) is 5.62. The first-order chi connectivity index (χ1) is 7.31. The van der Waals surface area contributed by atoms with Crippen LogP contribution in [0.1, 0.15) is 12.0 Å². The first-order valence-corrected chi connectivity index (χ1v) is 4.75. The maximum absolute atomic E-state index is 5.52. The minimum Gasteiger partial charge on any atom is -0.493 e. The Morgan fingerprint density at radius 2 is 2.20 bits per heavy atom. The Kier molecular flexibility index (Phi) is 4.52. The Hall–Kier alpha value is -1.66. The van der Waals surface area contributed by atoms with Gasteiger partial charge in [-0.15, -0.1) is 12.3 Å². The molecule has 0 radical (unpaired) electrons. The van der Waals surface area contributed by atoms with Crippen molar-refractivity contribution in [1.29, 1.82) is 0 Å². The van der Waals surface area contributed by atoms with Gasteiger partial charge in [-0.05, 0) is 17.7 Å². The normalized spacial score (nSPS) is 9.40. The van der Waals surface area contributed by atoms with Crippen molar-refractivity contribution >= 4 is 0 Å². The fraction of sp³-hybridized carbons (Fsp3) is 0.333. The van der Waals surface area contributed by atoms with Crippen molar-refractivity contribution in [3.8, 4) is 23.8 Å². The minimum atomic E-state index is 0.487. The molecular weight excluding hydrogens is 190 g/mol. The van der Waals surface area contributed by atoms with Gasteiger partial charge in [-0.2, -0.15) is 0 Å². The molecule has 0 amide bonds. The van der Waals surface area contributed by atoms with Crippen LogP contribution in [0.15, 0.2) is 18.2 Å². The molecule has 1 aromatic carbocycles. The minimum absolute atomic E-state index is 0.487. The molecule has 0 fully saturated rings. The van der Waals surface area contributed by atoms with Gasteiger partial charge >= 0.3 is 0 Å². The number of nitrogens with two attached hydrogens (primary N) is 1. The van der Waals surface area contributed by atoms with E-state index in [4.69, 9.17) is 21.6 Å². The van der Waals surface area contributed by atoms with Gasteiger partial charge in [-0.1, -0.05) is 6.07 Å². The van der Waals surface area contributed by atoms with Crippen molar-refractivity contribution in [1.82, 2.24) is 0 Å². The molecular formula is C12H15NO2. The van der Waals surface area contributed by atoms with E-state index >= 15 is 0 Å². The zero-order valence-electron chi connectivity index (χ0n) is 8.82. The highest BCUT2D eigenvalue weighted by Crippen LogP contribution is 2.27. The third-order valence-corrected chi connectivity index (χ3v) is 1.97. The Morgan fingerprint density at radius 1 is 1.40 bits per heavy atom. The van der Waals surface area contributed by atoms with E-state index in [0.717, 1.165) is 5.56 Å². The Balaban J connectivity index is 2.74. The molecule has 0 bridgehead atoms. The molecule has 2 N–H and O–H groups in total. The van der Waals surface area contributed by atoms with E-state index in [0.29, 0.717) is 31.1 Å². The van der Waals surface area contributed by atoms with Crippen molar-refractivity contribution in [3.63, 3.8) is 0 Å². The highest BCUT2D eigenvalue weighted by molar-refractivity contribution is 5.42. The largest absolute Gasteiger partial charge is 0.493 e. The maximum Gasteiger partial charge on any atom is 0.161 e. The SMILES string of the molecule is C#CCCOc1ccc(CN)cc1OC. The van der Waals surface area contributed by atoms with Crippen LogP contribution >= 0.6 is 0 Å². The summed E-state index contributed by atoms with van der Waals surface area (Å²) in [7, 11) is 1.60. The second kappa shape index (κ2) is 5.94.